The Bertz CT molecular complexity index is 1110. The van der Waals surface area contributed by atoms with E-state index in [2.05, 4.69) is 10.3 Å². The van der Waals surface area contributed by atoms with Crippen molar-refractivity contribution < 1.29 is 14.3 Å². The smallest absolute Gasteiger partial charge is 0.261 e. The fourth-order valence-electron chi connectivity index (χ4n) is 3.02. The van der Waals surface area contributed by atoms with Crippen LogP contribution in [0.15, 0.2) is 52.4 Å². The molecule has 1 atom stereocenters. The number of fused-ring (bicyclic) bond motifs is 1. The van der Waals surface area contributed by atoms with Gasteiger partial charge in [-0.05, 0) is 43.2 Å². The van der Waals surface area contributed by atoms with Gasteiger partial charge in [0.05, 0.1) is 30.4 Å². The molecular formula is C22H25N3O4S. The number of aromatic nitrogens is 2. The molecule has 0 saturated carbocycles. The number of methoxy groups -OCH3 is 2. The van der Waals surface area contributed by atoms with Crippen molar-refractivity contribution in [3.05, 3.63) is 58.4 Å². The van der Waals surface area contributed by atoms with Crippen molar-refractivity contribution >= 4 is 28.6 Å². The van der Waals surface area contributed by atoms with Gasteiger partial charge in [-0.3, -0.25) is 14.2 Å². The maximum atomic E-state index is 12.5. The van der Waals surface area contributed by atoms with E-state index in [-0.39, 0.29) is 11.5 Å². The summed E-state index contributed by atoms with van der Waals surface area (Å²) >= 11 is 1.27. The summed E-state index contributed by atoms with van der Waals surface area (Å²) in [6.45, 7) is 2.29. The summed E-state index contributed by atoms with van der Waals surface area (Å²) in [5.41, 5.74) is 1.54. The molecule has 30 heavy (non-hydrogen) atoms. The van der Waals surface area contributed by atoms with Crippen LogP contribution in [0.5, 0.6) is 11.5 Å². The quantitative estimate of drug-likeness (QED) is 0.440. The summed E-state index contributed by atoms with van der Waals surface area (Å²) in [7, 11) is 4.86. The number of nitrogens with one attached hydrogen (secondary N) is 1. The van der Waals surface area contributed by atoms with Crippen molar-refractivity contribution in [2.45, 2.75) is 23.8 Å². The van der Waals surface area contributed by atoms with Gasteiger partial charge < -0.3 is 14.8 Å². The van der Waals surface area contributed by atoms with E-state index >= 15 is 0 Å². The average Bonchev–Trinajstić information content (AvgIpc) is 2.77. The zero-order valence-electron chi connectivity index (χ0n) is 17.5. The lowest BCUT2D eigenvalue weighted by Gasteiger charge is -2.14. The molecule has 0 fully saturated rings. The van der Waals surface area contributed by atoms with Gasteiger partial charge in [0.15, 0.2) is 16.7 Å². The Morgan fingerprint density at radius 1 is 1.17 bits per heavy atom. The maximum absolute atomic E-state index is 12.5. The molecule has 1 heterocycles. The molecule has 0 aliphatic heterocycles. The zero-order chi connectivity index (χ0) is 21.7. The number of nitrogens with zero attached hydrogens (tertiary/aromatic N) is 2. The summed E-state index contributed by atoms with van der Waals surface area (Å²) in [5, 5.41) is 3.63. The van der Waals surface area contributed by atoms with Crippen molar-refractivity contribution in [1.82, 2.24) is 14.9 Å². The van der Waals surface area contributed by atoms with Crippen LogP contribution in [-0.4, -0.2) is 41.5 Å². The summed E-state index contributed by atoms with van der Waals surface area (Å²) in [6.07, 6.45) is 0.663. The molecule has 0 radical (unpaired) electrons. The van der Waals surface area contributed by atoms with Crippen molar-refractivity contribution in [1.29, 1.82) is 0 Å². The lowest BCUT2D eigenvalue weighted by atomic mass is 10.1. The van der Waals surface area contributed by atoms with Gasteiger partial charge in [-0.2, -0.15) is 0 Å². The van der Waals surface area contributed by atoms with E-state index in [1.54, 1.807) is 40.3 Å². The number of rotatable bonds is 8. The largest absolute Gasteiger partial charge is 0.493 e. The fraction of sp³-hybridized carbons (Fsp3) is 0.318. The number of carbonyl (C=O) groups is 1. The first-order valence-electron chi connectivity index (χ1n) is 9.55. The summed E-state index contributed by atoms with van der Waals surface area (Å²) in [4.78, 5) is 29.6. The van der Waals surface area contributed by atoms with Crippen LogP contribution in [0.2, 0.25) is 0 Å². The highest BCUT2D eigenvalue weighted by Gasteiger charge is 2.18. The molecule has 158 valence electrons. The minimum Gasteiger partial charge on any atom is -0.493 e. The Labute approximate surface area is 179 Å². The molecule has 1 unspecified atom stereocenters. The van der Waals surface area contributed by atoms with Gasteiger partial charge in [0.1, 0.15) is 0 Å². The molecule has 3 rings (SSSR count). The third-order valence-electron chi connectivity index (χ3n) is 4.75. The second-order valence-corrected chi connectivity index (χ2v) is 8.07. The number of hydrogen-bond donors (Lipinski definition) is 1. The van der Waals surface area contributed by atoms with Crippen LogP contribution in [0, 0.1) is 0 Å². The van der Waals surface area contributed by atoms with E-state index in [4.69, 9.17) is 9.47 Å². The van der Waals surface area contributed by atoms with E-state index in [0.29, 0.717) is 40.5 Å². The second-order valence-electron chi connectivity index (χ2n) is 6.77. The Balaban J connectivity index is 1.61. The molecule has 0 saturated heterocycles. The molecule has 0 aliphatic rings. The lowest BCUT2D eigenvalue weighted by Crippen LogP contribution is -2.33. The standard InChI is InChI=1S/C22H25N3O4S/c1-14(30-22-24-17-8-6-5-7-16(17)21(27)25(22)2)20(26)23-12-11-15-9-10-18(28-3)19(13-15)29-4/h5-10,13-14H,11-12H2,1-4H3,(H,23,26). The van der Waals surface area contributed by atoms with E-state index in [1.165, 1.54) is 16.3 Å². The third kappa shape index (κ3) is 4.76. The van der Waals surface area contributed by atoms with Crippen LogP contribution in [0.4, 0.5) is 0 Å². The predicted molar refractivity (Wildman–Crippen MR) is 119 cm³/mol. The number of ether oxygens (including phenoxy) is 2. The molecule has 7 nitrogen and oxygen atoms in total. The number of para-hydroxylation sites is 1. The van der Waals surface area contributed by atoms with Gasteiger partial charge in [-0.15, -0.1) is 0 Å². The molecular weight excluding hydrogens is 402 g/mol. The van der Waals surface area contributed by atoms with Crippen molar-refractivity contribution in [3.8, 4) is 11.5 Å². The number of carbonyl (C=O) groups excluding carboxylic acids is 1. The molecule has 0 aliphatic carbocycles. The predicted octanol–water partition coefficient (Wildman–Crippen LogP) is 2.79. The van der Waals surface area contributed by atoms with Crippen LogP contribution < -0.4 is 20.3 Å². The molecule has 2 aromatic carbocycles. The van der Waals surface area contributed by atoms with Crippen LogP contribution >= 0.6 is 11.8 Å². The van der Waals surface area contributed by atoms with E-state index in [9.17, 15) is 9.59 Å². The van der Waals surface area contributed by atoms with Crippen molar-refractivity contribution in [3.63, 3.8) is 0 Å². The summed E-state index contributed by atoms with van der Waals surface area (Å²) in [6, 6.07) is 12.9. The minimum absolute atomic E-state index is 0.108. The van der Waals surface area contributed by atoms with Gasteiger partial charge in [0.25, 0.3) is 5.56 Å². The van der Waals surface area contributed by atoms with Crippen LogP contribution in [0.3, 0.4) is 0 Å². The molecule has 0 spiro atoms. The molecule has 1 aromatic heterocycles. The molecule has 1 amide bonds. The Morgan fingerprint density at radius 3 is 2.63 bits per heavy atom. The number of hydrogen-bond acceptors (Lipinski definition) is 6. The topological polar surface area (TPSA) is 82.5 Å². The monoisotopic (exact) mass is 427 g/mol. The van der Waals surface area contributed by atoms with Crippen LogP contribution in [-0.2, 0) is 18.3 Å². The van der Waals surface area contributed by atoms with Gasteiger partial charge in [0.2, 0.25) is 5.91 Å². The van der Waals surface area contributed by atoms with E-state index in [0.717, 1.165) is 5.56 Å². The fourth-order valence-corrected chi connectivity index (χ4v) is 3.92. The van der Waals surface area contributed by atoms with E-state index in [1.807, 2.05) is 30.3 Å². The molecule has 8 heteroatoms. The highest BCUT2D eigenvalue weighted by Crippen LogP contribution is 2.27. The number of thioether (sulfide) groups is 1. The van der Waals surface area contributed by atoms with Gasteiger partial charge in [-0.1, -0.05) is 30.0 Å². The Hall–Kier alpha value is -3.00. The minimum atomic E-state index is -0.394. The highest BCUT2D eigenvalue weighted by atomic mass is 32.2. The molecule has 3 aromatic rings. The van der Waals surface area contributed by atoms with Gasteiger partial charge >= 0.3 is 0 Å². The van der Waals surface area contributed by atoms with Gasteiger partial charge in [-0.25, -0.2) is 4.98 Å². The summed E-state index contributed by atoms with van der Waals surface area (Å²) < 4.78 is 12.0. The SMILES string of the molecule is COc1ccc(CCNC(=O)C(C)Sc2nc3ccccc3c(=O)n2C)cc1OC. The number of benzene rings is 2. The normalized spacial score (nSPS) is 11.9. The second kappa shape index (κ2) is 9.67. The molecule has 0 bridgehead atoms. The Morgan fingerprint density at radius 2 is 1.90 bits per heavy atom. The molecule has 1 N–H and O–H groups in total. The maximum Gasteiger partial charge on any atom is 0.261 e. The van der Waals surface area contributed by atoms with Crippen LogP contribution in [0.25, 0.3) is 10.9 Å². The first-order chi connectivity index (χ1) is 14.4. The van der Waals surface area contributed by atoms with Gasteiger partial charge in [0, 0.05) is 13.6 Å². The van der Waals surface area contributed by atoms with Crippen molar-refractivity contribution in [2.75, 3.05) is 20.8 Å². The average molecular weight is 428 g/mol. The number of amides is 1. The van der Waals surface area contributed by atoms with E-state index < -0.39 is 5.25 Å². The Kier molecular flexibility index (Phi) is 6.99. The van der Waals surface area contributed by atoms with Crippen molar-refractivity contribution in [2.24, 2.45) is 7.05 Å². The first kappa shape index (κ1) is 21.7. The summed E-state index contributed by atoms with van der Waals surface area (Å²) in [5.74, 6) is 1.22. The van der Waals surface area contributed by atoms with Crippen LogP contribution in [0.1, 0.15) is 12.5 Å². The third-order valence-corrected chi connectivity index (χ3v) is 5.90. The zero-order valence-corrected chi connectivity index (χ0v) is 18.3. The highest BCUT2D eigenvalue weighted by molar-refractivity contribution is 8.00. The lowest BCUT2D eigenvalue weighted by molar-refractivity contribution is -0.120. The first-order valence-corrected chi connectivity index (χ1v) is 10.4.